The van der Waals surface area contributed by atoms with E-state index in [-0.39, 0.29) is 5.78 Å². The number of aldehydes is 1. The highest BCUT2D eigenvalue weighted by Crippen LogP contribution is 2.30. The van der Waals surface area contributed by atoms with Gasteiger partial charge in [-0.3, -0.25) is 9.59 Å². The molecule has 0 unspecified atom stereocenters. The van der Waals surface area contributed by atoms with E-state index in [4.69, 9.17) is 9.47 Å². The van der Waals surface area contributed by atoms with Crippen molar-refractivity contribution >= 4 is 18.1 Å². The fraction of sp³-hybridized carbons (Fsp3) is 0.250. The number of rotatable bonds is 8. The Morgan fingerprint density at radius 2 is 1.80 bits per heavy atom. The van der Waals surface area contributed by atoms with E-state index >= 15 is 0 Å². The SMILES string of the molecule is C=CCCC(=O)/C=C/c1cc(OC)c(OC)cc1C=O. The lowest BCUT2D eigenvalue weighted by molar-refractivity contribution is -0.114. The van der Waals surface area contributed by atoms with Crippen LogP contribution in [0.1, 0.15) is 28.8 Å². The summed E-state index contributed by atoms with van der Waals surface area (Å²) in [5.41, 5.74) is 1.06. The van der Waals surface area contributed by atoms with Crippen molar-refractivity contribution < 1.29 is 19.1 Å². The summed E-state index contributed by atoms with van der Waals surface area (Å²) in [4.78, 5) is 22.7. The smallest absolute Gasteiger partial charge is 0.161 e. The average molecular weight is 274 g/mol. The van der Waals surface area contributed by atoms with Crippen molar-refractivity contribution in [2.24, 2.45) is 0 Å². The fourth-order valence-corrected chi connectivity index (χ4v) is 1.67. The first-order chi connectivity index (χ1) is 9.65. The maximum Gasteiger partial charge on any atom is 0.161 e. The van der Waals surface area contributed by atoms with Gasteiger partial charge in [-0.15, -0.1) is 6.58 Å². The maximum absolute atomic E-state index is 11.6. The number of carbonyl (C=O) groups is 2. The van der Waals surface area contributed by atoms with Crippen LogP contribution >= 0.6 is 0 Å². The van der Waals surface area contributed by atoms with Crippen LogP contribution in [0.4, 0.5) is 0 Å². The molecule has 0 aliphatic carbocycles. The van der Waals surface area contributed by atoms with Gasteiger partial charge in [-0.1, -0.05) is 12.2 Å². The largest absolute Gasteiger partial charge is 0.493 e. The minimum absolute atomic E-state index is 0.0171. The molecule has 0 N–H and O–H groups in total. The molecule has 0 spiro atoms. The standard InChI is InChI=1S/C16H18O4/c1-4-5-6-14(18)8-7-12-9-15(19-2)16(20-3)10-13(12)11-17/h4,7-11H,1,5-6H2,2-3H3/b8-7+. The molecule has 0 saturated heterocycles. The lowest BCUT2D eigenvalue weighted by Gasteiger charge is -2.10. The zero-order valence-corrected chi connectivity index (χ0v) is 11.7. The van der Waals surface area contributed by atoms with Crippen molar-refractivity contribution in [2.75, 3.05) is 14.2 Å². The molecule has 1 aromatic carbocycles. The molecule has 0 heterocycles. The maximum atomic E-state index is 11.6. The van der Waals surface area contributed by atoms with Crippen LogP contribution in [0.2, 0.25) is 0 Å². The Labute approximate surface area is 118 Å². The van der Waals surface area contributed by atoms with Crippen molar-refractivity contribution in [3.05, 3.63) is 42.0 Å². The molecule has 0 atom stereocenters. The zero-order chi connectivity index (χ0) is 15.0. The van der Waals surface area contributed by atoms with E-state index in [9.17, 15) is 9.59 Å². The minimum Gasteiger partial charge on any atom is -0.493 e. The molecule has 0 radical (unpaired) electrons. The molecule has 0 saturated carbocycles. The summed E-state index contributed by atoms with van der Waals surface area (Å²) in [6.45, 7) is 3.57. The van der Waals surface area contributed by atoms with Crippen molar-refractivity contribution in [3.8, 4) is 11.5 Å². The van der Waals surface area contributed by atoms with Crippen LogP contribution in [0.15, 0.2) is 30.9 Å². The van der Waals surface area contributed by atoms with Crippen molar-refractivity contribution in [1.29, 1.82) is 0 Å². The van der Waals surface area contributed by atoms with Crippen LogP contribution in [0.25, 0.3) is 6.08 Å². The molecule has 20 heavy (non-hydrogen) atoms. The van der Waals surface area contributed by atoms with E-state index in [1.807, 2.05) is 0 Å². The highest BCUT2D eigenvalue weighted by atomic mass is 16.5. The molecule has 0 aliphatic heterocycles. The monoisotopic (exact) mass is 274 g/mol. The number of ketones is 1. The van der Waals surface area contributed by atoms with E-state index in [0.717, 1.165) is 6.29 Å². The molecule has 1 aromatic rings. The Hall–Kier alpha value is -2.36. The summed E-state index contributed by atoms with van der Waals surface area (Å²) >= 11 is 0. The van der Waals surface area contributed by atoms with Crippen LogP contribution < -0.4 is 9.47 Å². The van der Waals surface area contributed by atoms with Gasteiger partial charge in [-0.25, -0.2) is 0 Å². The van der Waals surface area contributed by atoms with Crippen LogP contribution in [0, 0.1) is 0 Å². The van der Waals surface area contributed by atoms with Gasteiger partial charge in [0.05, 0.1) is 14.2 Å². The zero-order valence-electron chi connectivity index (χ0n) is 11.7. The molecular weight excluding hydrogens is 256 g/mol. The summed E-state index contributed by atoms with van der Waals surface area (Å²) in [7, 11) is 3.02. The minimum atomic E-state index is -0.0171. The number of ether oxygens (including phenoxy) is 2. The van der Waals surface area contributed by atoms with Crippen LogP contribution in [0.5, 0.6) is 11.5 Å². The van der Waals surface area contributed by atoms with Crippen molar-refractivity contribution in [2.45, 2.75) is 12.8 Å². The van der Waals surface area contributed by atoms with Gasteiger partial charge in [-0.05, 0) is 30.2 Å². The van der Waals surface area contributed by atoms with Crippen LogP contribution in [-0.4, -0.2) is 26.3 Å². The molecular formula is C16H18O4. The highest BCUT2D eigenvalue weighted by Gasteiger charge is 2.09. The van der Waals surface area contributed by atoms with Gasteiger partial charge in [0.1, 0.15) is 0 Å². The van der Waals surface area contributed by atoms with Gasteiger partial charge in [0.15, 0.2) is 23.6 Å². The Bertz CT molecular complexity index is 530. The number of methoxy groups -OCH3 is 2. The predicted octanol–water partition coefficient (Wildman–Crippen LogP) is 3.06. The predicted molar refractivity (Wildman–Crippen MR) is 78.4 cm³/mol. The lowest BCUT2D eigenvalue weighted by atomic mass is 10.1. The van der Waals surface area contributed by atoms with Crippen LogP contribution in [0.3, 0.4) is 0 Å². The summed E-state index contributed by atoms with van der Waals surface area (Å²) in [5, 5.41) is 0. The molecule has 0 amide bonds. The van der Waals surface area contributed by atoms with Gasteiger partial charge in [0, 0.05) is 12.0 Å². The third kappa shape index (κ3) is 4.09. The van der Waals surface area contributed by atoms with Gasteiger partial charge >= 0.3 is 0 Å². The first kappa shape index (κ1) is 15.7. The molecule has 4 nitrogen and oxygen atoms in total. The van der Waals surface area contributed by atoms with Gasteiger partial charge < -0.3 is 9.47 Å². The third-order valence-electron chi connectivity index (χ3n) is 2.76. The van der Waals surface area contributed by atoms with Gasteiger partial charge in [0.25, 0.3) is 0 Å². The summed E-state index contributed by atoms with van der Waals surface area (Å²) in [5.74, 6) is 0.970. The van der Waals surface area contributed by atoms with E-state index in [0.29, 0.717) is 35.5 Å². The Balaban J connectivity index is 3.04. The second kappa shape index (κ2) is 7.94. The molecule has 106 valence electrons. The van der Waals surface area contributed by atoms with E-state index in [2.05, 4.69) is 6.58 Å². The Kier molecular flexibility index (Phi) is 6.23. The average Bonchev–Trinajstić information content (AvgIpc) is 2.49. The quantitative estimate of drug-likeness (QED) is 0.415. The summed E-state index contributed by atoms with van der Waals surface area (Å²) < 4.78 is 10.3. The number of allylic oxidation sites excluding steroid dienone is 2. The molecule has 4 heteroatoms. The fourth-order valence-electron chi connectivity index (χ4n) is 1.67. The topological polar surface area (TPSA) is 52.6 Å². The van der Waals surface area contributed by atoms with Crippen molar-refractivity contribution in [3.63, 3.8) is 0 Å². The normalized spacial score (nSPS) is 10.3. The second-order valence-corrected chi connectivity index (χ2v) is 4.08. The van der Waals surface area contributed by atoms with Crippen LogP contribution in [-0.2, 0) is 4.79 Å². The first-order valence-corrected chi connectivity index (χ1v) is 6.19. The number of hydrogen-bond donors (Lipinski definition) is 0. The third-order valence-corrected chi connectivity index (χ3v) is 2.76. The molecule has 1 rings (SSSR count). The van der Waals surface area contributed by atoms with E-state index in [1.165, 1.54) is 20.3 Å². The highest BCUT2D eigenvalue weighted by molar-refractivity contribution is 5.95. The second-order valence-electron chi connectivity index (χ2n) is 4.08. The molecule has 0 bridgehead atoms. The molecule has 0 aromatic heterocycles. The van der Waals surface area contributed by atoms with Gasteiger partial charge in [0.2, 0.25) is 0 Å². The lowest BCUT2D eigenvalue weighted by Crippen LogP contribution is -1.96. The number of hydrogen-bond acceptors (Lipinski definition) is 4. The van der Waals surface area contributed by atoms with E-state index in [1.54, 1.807) is 24.3 Å². The van der Waals surface area contributed by atoms with E-state index < -0.39 is 0 Å². The molecule has 0 aliphatic rings. The van der Waals surface area contributed by atoms with Gasteiger partial charge in [-0.2, -0.15) is 0 Å². The number of benzene rings is 1. The Morgan fingerprint density at radius 1 is 1.20 bits per heavy atom. The molecule has 0 fully saturated rings. The first-order valence-electron chi connectivity index (χ1n) is 6.19. The summed E-state index contributed by atoms with van der Waals surface area (Å²) in [6.07, 6.45) is 6.52. The summed E-state index contributed by atoms with van der Waals surface area (Å²) in [6, 6.07) is 3.25. The number of carbonyl (C=O) groups excluding carboxylic acids is 2. The van der Waals surface area contributed by atoms with Crippen molar-refractivity contribution in [1.82, 2.24) is 0 Å². The Morgan fingerprint density at radius 3 is 2.30 bits per heavy atom.